The third kappa shape index (κ3) is 3.43. The van der Waals surface area contributed by atoms with Gasteiger partial charge in [0.25, 0.3) is 10.0 Å². The fourth-order valence-electron chi connectivity index (χ4n) is 2.04. The fraction of sp³-hybridized carbons (Fsp3) is 0.357. The van der Waals surface area contributed by atoms with Crippen LogP contribution in [0.15, 0.2) is 35.6 Å². The zero-order chi connectivity index (χ0) is 16.3. The molecule has 8 heteroatoms. The van der Waals surface area contributed by atoms with Crippen molar-refractivity contribution in [1.29, 1.82) is 0 Å². The summed E-state index contributed by atoms with van der Waals surface area (Å²) in [6.45, 7) is 1.90. The van der Waals surface area contributed by atoms with Crippen molar-refractivity contribution in [2.45, 2.75) is 24.4 Å². The second-order valence-corrected chi connectivity index (χ2v) is 6.79. The third-order valence-electron chi connectivity index (χ3n) is 3.31. The van der Waals surface area contributed by atoms with Crippen LogP contribution >= 0.6 is 11.6 Å². The number of aryl methyl sites for hydroxylation is 1. The molecule has 0 spiro atoms. The Bertz CT molecular complexity index is 741. The summed E-state index contributed by atoms with van der Waals surface area (Å²) in [7, 11) is -0.575. The molecule has 0 aliphatic rings. The maximum absolute atomic E-state index is 12.4. The van der Waals surface area contributed by atoms with Gasteiger partial charge >= 0.3 is 0 Å². The molecule has 0 fully saturated rings. The Hall–Kier alpha value is -1.57. The number of sulfonamides is 1. The first-order chi connectivity index (χ1) is 10.4. The molecule has 0 aliphatic heterocycles. The SMILES string of the molecule is CCC(NS(=O)(=O)c1ncn(C)c1Cl)c1ccc(OC)cc1. The van der Waals surface area contributed by atoms with Crippen molar-refractivity contribution in [3.63, 3.8) is 0 Å². The number of rotatable bonds is 6. The van der Waals surface area contributed by atoms with Crippen molar-refractivity contribution in [3.8, 4) is 5.75 Å². The van der Waals surface area contributed by atoms with Gasteiger partial charge in [0.15, 0.2) is 0 Å². The van der Waals surface area contributed by atoms with Crippen molar-refractivity contribution < 1.29 is 13.2 Å². The van der Waals surface area contributed by atoms with Crippen LogP contribution in [0.4, 0.5) is 0 Å². The summed E-state index contributed by atoms with van der Waals surface area (Å²) >= 11 is 5.97. The number of aromatic nitrogens is 2. The molecular formula is C14H18ClN3O3S. The van der Waals surface area contributed by atoms with Crippen LogP contribution in [0.5, 0.6) is 5.75 Å². The van der Waals surface area contributed by atoms with Crippen LogP contribution in [0, 0.1) is 0 Å². The summed E-state index contributed by atoms with van der Waals surface area (Å²) in [4.78, 5) is 3.86. The molecule has 0 bridgehead atoms. The minimum Gasteiger partial charge on any atom is -0.497 e. The smallest absolute Gasteiger partial charge is 0.261 e. The zero-order valence-electron chi connectivity index (χ0n) is 12.6. The standard InChI is InChI=1S/C14H18ClN3O3S/c1-4-12(10-5-7-11(21-3)8-6-10)17-22(19,20)14-13(15)18(2)9-16-14/h5-9,12,17H,4H2,1-3H3. The second kappa shape index (κ2) is 6.68. The van der Waals surface area contributed by atoms with Crippen molar-refractivity contribution >= 4 is 21.6 Å². The Kier molecular flexibility index (Phi) is 5.10. The molecule has 0 saturated heterocycles. The molecule has 2 aromatic rings. The number of hydrogen-bond acceptors (Lipinski definition) is 4. The van der Waals surface area contributed by atoms with E-state index in [9.17, 15) is 8.42 Å². The van der Waals surface area contributed by atoms with Gasteiger partial charge in [-0.05, 0) is 24.1 Å². The van der Waals surface area contributed by atoms with E-state index in [1.54, 1.807) is 26.3 Å². The van der Waals surface area contributed by atoms with Crippen LogP contribution in [0.1, 0.15) is 24.9 Å². The van der Waals surface area contributed by atoms with E-state index >= 15 is 0 Å². The highest BCUT2D eigenvalue weighted by molar-refractivity contribution is 7.89. The average molecular weight is 344 g/mol. The first-order valence-electron chi connectivity index (χ1n) is 6.72. The topological polar surface area (TPSA) is 73.2 Å². The zero-order valence-corrected chi connectivity index (χ0v) is 14.1. The Morgan fingerprint density at radius 2 is 2.00 bits per heavy atom. The van der Waals surface area contributed by atoms with Crippen LogP contribution in [0.3, 0.4) is 0 Å². The van der Waals surface area contributed by atoms with Gasteiger partial charge in [-0.15, -0.1) is 0 Å². The van der Waals surface area contributed by atoms with E-state index in [-0.39, 0.29) is 16.2 Å². The maximum Gasteiger partial charge on any atom is 0.261 e. The molecule has 1 aromatic carbocycles. The van der Waals surface area contributed by atoms with E-state index < -0.39 is 10.0 Å². The average Bonchev–Trinajstić information content (AvgIpc) is 2.85. The summed E-state index contributed by atoms with van der Waals surface area (Å²) in [5.74, 6) is 0.717. The van der Waals surface area contributed by atoms with Crippen LogP contribution in [0.2, 0.25) is 5.15 Å². The monoisotopic (exact) mass is 343 g/mol. The summed E-state index contributed by atoms with van der Waals surface area (Å²) in [5.41, 5.74) is 0.846. The highest BCUT2D eigenvalue weighted by atomic mass is 35.5. The summed E-state index contributed by atoms with van der Waals surface area (Å²) < 4.78 is 34.1. The molecule has 1 unspecified atom stereocenters. The number of imidazole rings is 1. The molecular weight excluding hydrogens is 326 g/mol. The minimum atomic E-state index is -3.79. The highest BCUT2D eigenvalue weighted by Gasteiger charge is 2.25. The number of ether oxygens (including phenoxy) is 1. The Balaban J connectivity index is 2.27. The lowest BCUT2D eigenvalue weighted by Crippen LogP contribution is -2.28. The molecule has 22 heavy (non-hydrogen) atoms. The predicted octanol–water partition coefficient (Wildman–Crippen LogP) is 2.51. The molecule has 0 amide bonds. The van der Waals surface area contributed by atoms with Gasteiger partial charge in [0.1, 0.15) is 10.9 Å². The van der Waals surface area contributed by atoms with Gasteiger partial charge in [0, 0.05) is 13.1 Å². The van der Waals surface area contributed by atoms with Crippen LogP contribution < -0.4 is 9.46 Å². The maximum atomic E-state index is 12.4. The molecule has 1 aromatic heterocycles. The predicted molar refractivity (Wildman–Crippen MR) is 84.6 cm³/mol. The van der Waals surface area contributed by atoms with Crippen molar-refractivity contribution in [3.05, 3.63) is 41.3 Å². The number of nitrogens with zero attached hydrogens (tertiary/aromatic N) is 2. The number of methoxy groups -OCH3 is 1. The number of benzene rings is 1. The van der Waals surface area contributed by atoms with Crippen LogP contribution in [-0.4, -0.2) is 25.1 Å². The quantitative estimate of drug-likeness (QED) is 0.874. The van der Waals surface area contributed by atoms with E-state index in [4.69, 9.17) is 16.3 Å². The van der Waals surface area contributed by atoms with Gasteiger partial charge in [-0.25, -0.2) is 18.1 Å². The summed E-state index contributed by atoms with van der Waals surface area (Å²) in [6, 6.07) is 6.87. The molecule has 120 valence electrons. The van der Waals surface area contributed by atoms with Gasteiger partial charge < -0.3 is 9.30 Å². The fourth-order valence-corrected chi connectivity index (χ4v) is 3.78. The van der Waals surface area contributed by atoms with E-state index in [0.717, 1.165) is 5.56 Å². The number of hydrogen-bond donors (Lipinski definition) is 1. The van der Waals surface area contributed by atoms with E-state index in [1.165, 1.54) is 10.9 Å². The molecule has 6 nitrogen and oxygen atoms in total. The first kappa shape index (κ1) is 16.8. The molecule has 0 saturated carbocycles. The lowest BCUT2D eigenvalue weighted by Gasteiger charge is -2.17. The van der Waals surface area contributed by atoms with Gasteiger partial charge in [0.05, 0.1) is 13.4 Å². The van der Waals surface area contributed by atoms with E-state index in [2.05, 4.69) is 9.71 Å². The van der Waals surface area contributed by atoms with Crippen molar-refractivity contribution in [2.75, 3.05) is 7.11 Å². The third-order valence-corrected chi connectivity index (χ3v) is 5.27. The molecule has 1 N–H and O–H groups in total. The molecule has 0 radical (unpaired) electrons. The Labute approximate surface area is 135 Å². The van der Waals surface area contributed by atoms with E-state index in [0.29, 0.717) is 12.2 Å². The Morgan fingerprint density at radius 3 is 2.45 bits per heavy atom. The molecule has 1 atom stereocenters. The molecule has 2 rings (SSSR count). The van der Waals surface area contributed by atoms with Gasteiger partial charge in [0.2, 0.25) is 5.03 Å². The highest BCUT2D eigenvalue weighted by Crippen LogP contribution is 2.24. The largest absolute Gasteiger partial charge is 0.497 e. The number of nitrogens with one attached hydrogen (secondary N) is 1. The first-order valence-corrected chi connectivity index (χ1v) is 8.58. The molecule has 0 aliphatic carbocycles. The van der Waals surface area contributed by atoms with E-state index in [1.807, 2.05) is 19.1 Å². The lowest BCUT2D eigenvalue weighted by atomic mass is 10.1. The summed E-state index contributed by atoms with van der Waals surface area (Å²) in [5, 5.41) is -0.0827. The van der Waals surface area contributed by atoms with Crippen LogP contribution in [-0.2, 0) is 17.1 Å². The lowest BCUT2D eigenvalue weighted by molar-refractivity contribution is 0.414. The van der Waals surface area contributed by atoms with Crippen LogP contribution in [0.25, 0.3) is 0 Å². The van der Waals surface area contributed by atoms with Gasteiger partial charge in [-0.1, -0.05) is 30.7 Å². The van der Waals surface area contributed by atoms with Gasteiger partial charge in [-0.3, -0.25) is 0 Å². The minimum absolute atomic E-state index is 0.0806. The Morgan fingerprint density at radius 1 is 1.36 bits per heavy atom. The normalized spacial score (nSPS) is 13.1. The van der Waals surface area contributed by atoms with Crippen molar-refractivity contribution in [1.82, 2.24) is 14.3 Å². The van der Waals surface area contributed by atoms with Gasteiger partial charge in [-0.2, -0.15) is 0 Å². The number of halogens is 1. The van der Waals surface area contributed by atoms with Crippen molar-refractivity contribution in [2.24, 2.45) is 7.05 Å². The molecule has 1 heterocycles. The summed E-state index contributed by atoms with van der Waals surface area (Å²) in [6.07, 6.45) is 1.96. The second-order valence-electron chi connectivity index (χ2n) is 4.81.